The third-order valence-corrected chi connectivity index (χ3v) is 4.43. The number of piperidine rings is 1. The van der Waals surface area contributed by atoms with Gasteiger partial charge in [-0.05, 0) is 43.5 Å². The SMILES string of the molecule is Cc1cc(N2CCCC(O)(CC(=O)O)C2)ccc1Br. The van der Waals surface area contributed by atoms with Crippen LogP contribution >= 0.6 is 15.9 Å². The van der Waals surface area contributed by atoms with Crippen molar-refractivity contribution in [2.24, 2.45) is 0 Å². The Balaban J connectivity index is 2.16. The number of halogens is 1. The molecular formula is C14H18BrNO3. The minimum atomic E-state index is -1.12. The maximum atomic E-state index is 10.8. The number of nitrogens with zero attached hydrogens (tertiary/aromatic N) is 1. The van der Waals surface area contributed by atoms with E-state index in [4.69, 9.17) is 5.11 Å². The number of carboxylic acid groups (broad SMARTS) is 1. The first-order valence-corrected chi connectivity index (χ1v) is 7.14. The van der Waals surface area contributed by atoms with Crippen LogP contribution in [0.4, 0.5) is 5.69 Å². The van der Waals surface area contributed by atoms with Gasteiger partial charge >= 0.3 is 5.97 Å². The molecule has 1 aromatic carbocycles. The van der Waals surface area contributed by atoms with Gasteiger partial charge in [0.15, 0.2) is 0 Å². The Labute approximate surface area is 121 Å². The Morgan fingerprint density at radius 3 is 2.89 bits per heavy atom. The number of rotatable bonds is 3. The lowest BCUT2D eigenvalue weighted by Gasteiger charge is -2.39. The largest absolute Gasteiger partial charge is 0.481 e. The van der Waals surface area contributed by atoms with Gasteiger partial charge in [-0.15, -0.1) is 0 Å². The molecular weight excluding hydrogens is 310 g/mol. The van der Waals surface area contributed by atoms with E-state index in [-0.39, 0.29) is 6.42 Å². The molecule has 1 aromatic rings. The van der Waals surface area contributed by atoms with Crippen LogP contribution in [0.1, 0.15) is 24.8 Å². The van der Waals surface area contributed by atoms with E-state index in [0.717, 1.165) is 28.7 Å². The summed E-state index contributed by atoms with van der Waals surface area (Å²) < 4.78 is 1.05. The highest BCUT2D eigenvalue weighted by Crippen LogP contribution is 2.30. The molecule has 1 unspecified atom stereocenters. The summed E-state index contributed by atoms with van der Waals surface area (Å²) in [6.45, 7) is 3.24. The molecule has 1 heterocycles. The number of aliphatic hydroxyl groups is 1. The topological polar surface area (TPSA) is 60.8 Å². The normalized spacial score (nSPS) is 23.4. The third-order valence-electron chi connectivity index (χ3n) is 3.54. The number of carboxylic acids is 1. The van der Waals surface area contributed by atoms with Gasteiger partial charge in [0.25, 0.3) is 0 Å². The molecule has 104 valence electrons. The first kappa shape index (κ1) is 14.3. The summed E-state index contributed by atoms with van der Waals surface area (Å²) >= 11 is 3.46. The molecule has 1 aliphatic rings. The van der Waals surface area contributed by atoms with Crippen molar-refractivity contribution in [1.82, 2.24) is 0 Å². The zero-order valence-electron chi connectivity index (χ0n) is 10.9. The van der Waals surface area contributed by atoms with Crippen molar-refractivity contribution in [2.45, 2.75) is 31.8 Å². The number of β-amino-alcohol motifs (C(OH)–C–C–N with tert-alkyl or cyclic N) is 1. The Hall–Kier alpha value is -1.07. The maximum absolute atomic E-state index is 10.8. The molecule has 5 heteroatoms. The number of aliphatic carboxylic acids is 1. The van der Waals surface area contributed by atoms with Gasteiger partial charge in [0.05, 0.1) is 12.0 Å². The fourth-order valence-electron chi connectivity index (χ4n) is 2.58. The standard InChI is InChI=1S/C14H18BrNO3/c1-10-7-11(3-4-12(10)15)16-6-2-5-14(19,9-16)8-13(17)18/h3-4,7,19H,2,5-6,8-9H2,1H3,(H,17,18). The number of anilines is 1. The molecule has 2 rings (SSSR count). The number of benzene rings is 1. The predicted molar refractivity (Wildman–Crippen MR) is 77.5 cm³/mol. The molecule has 0 amide bonds. The van der Waals surface area contributed by atoms with Crippen LogP contribution in [0.15, 0.2) is 22.7 Å². The van der Waals surface area contributed by atoms with E-state index in [1.807, 2.05) is 19.1 Å². The summed E-state index contributed by atoms with van der Waals surface area (Å²) in [7, 11) is 0. The summed E-state index contributed by atoms with van der Waals surface area (Å²) in [5.41, 5.74) is 1.04. The molecule has 1 atom stereocenters. The monoisotopic (exact) mass is 327 g/mol. The summed E-state index contributed by atoms with van der Waals surface area (Å²) in [6, 6.07) is 6.02. The first-order valence-electron chi connectivity index (χ1n) is 6.35. The first-order chi connectivity index (χ1) is 8.89. The fourth-order valence-corrected chi connectivity index (χ4v) is 2.83. The molecule has 0 aromatic heterocycles. The Morgan fingerprint density at radius 2 is 2.26 bits per heavy atom. The van der Waals surface area contributed by atoms with E-state index in [2.05, 4.69) is 26.9 Å². The Kier molecular flexibility index (Phi) is 4.16. The Bertz CT molecular complexity index is 492. The van der Waals surface area contributed by atoms with Gasteiger partial charge in [-0.25, -0.2) is 0 Å². The highest BCUT2D eigenvalue weighted by atomic mass is 79.9. The van der Waals surface area contributed by atoms with Crippen LogP contribution in [0.5, 0.6) is 0 Å². The molecule has 4 nitrogen and oxygen atoms in total. The van der Waals surface area contributed by atoms with Crippen molar-refractivity contribution in [3.05, 3.63) is 28.2 Å². The molecule has 2 N–H and O–H groups in total. The van der Waals surface area contributed by atoms with Crippen LogP contribution in [-0.2, 0) is 4.79 Å². The predicted octanol–water partition coefficient (Wildman–Crippen LogP) is 2.56. The van der Waals surface area contributed by atoms with Gasteiger partial charge in [-0.1, -0.05) is 15.9 Å². The molecule has 0 saturated carbocycles. The van der Waals surface area contributed by atoms with Gasteiger partial charge in [0, 0.05) is 23.2 Å². The van der Waals surface area contributed by atoms with E-state index in [1.165, 1.54) is 0 Å². The summed E-state index contributed by atoms with van der Waals surface area (Å²) in [5, 5.41) is 19.2. The molecule has 1 aliphatic heterocycles. The molecule has 0 bridgehead atoms. The number of aryl methyl sites for hydroxylation is 1. The number of hydrogen-bond donors (Lipinski definition) is 2. The van der Waals surface area contributed by atoms with Crippen LogP contribution < -0.4 is 4.90 Å². The van der Waals surface area contributed by atoms with Crippen molar-refractivity contribution in [1.29, 1.82) is 0 Å². The molecule has 0 aliphatic carbocycles. The second-order valence-corrected chi connectivity index (χ2v) is 6.11. The maximum Gasteiger partial charge on any atom is 0.306 e. The molecule has 0 radical (unpaired) electrons. The quantitative estimate of drug-likeness (QED) is 0.895. The number of carbonyl (C=O) groups is 1. The summed E-state index contributed by atoms with van der Waals surface area (Å²) in [5.74, 6) is -0.948. The summed E-state index contributed by atoms with van der Waals surface area (Å²) in [4.78, 5) is 12.9. The van der Waals surface area contributed by atoms with Crippen LogP contribution in [0.25, 0.3) is 0 Å². The van der Waals surface area contributed by atoms with E-state index >= 15 is 0 Å². The second kappa shape index (κ2) is 5.51. The van der Waals surface area contributed by atoms with Crippen LogP contribution in [0.3, 0.4) is 0 Å². The molecule has 1 fully saturated rings. The second-order valence-electron chi connectivity index (χ2n) is 5.25. The van der Waals surface area contributed by atoms with E-state index in [0.29, 0.717) is 13.0 Å². The minimum Gasteiger partial charge on any atom is -0.481 e. The number of hydrogen-bond acceptors (Lipinski definition) is 3. The van der Waals surface area contributed by atoms with E-state index in [1.54, 1.807) is 0 Å². The average Bonchev–Trinajstić information content (AvgIpc) is 2.31. The van der Waals surface area contributed by atoms with Gasteiger partial charge < -0.3 is 15.1 Å². The average molecular weight is 328 g/mol. The zero-order chi connectivity index (χ0) is 14.0. The van der Waals surface area contributed by atoms with Crippen molar-refractivity contribution in [3.63, 3.8) is 0 Å². The zero-order valence-corrected chi connectivity index (χ0v) is 12.5. The summed E-state index contributed by atoms with van der Waals surface area (Å²) in [6.07, 6.45) is 1.16. The van der Waals surface area contributed by atoms with Gasteiger partial charge in [0.2, 0.25) is 0 Å². The van der Waals surface area contributed by atoms with Gasteiger partial charge in [-0.3, -0.25) is 4.79 Å². The Morgan fingerprint density at radius 1 is 1.53 bits per heavy atom. The highest BCUT2D eigenvalue weighted by molar-refractivity contribution is 9.10. The highest BCUT2D eigenvalue weighted by Gasteiger charge is 2.35. The molecule has 1 saturated heterocycles. The molecule has 0 spiro atoms. The van der Waals surface area contributed by atoms with Crippen molar-refractivity contribution in [2.75, 3.05) is 18.0 Å². The smallest absolute Gasteiger partial charge is 0.306 e. The van der Waals surface area contributed by atoms with E-state index < -0.39 is 11.6 Å². The van der Waals surface area contributed by atoms with Gasteiger partial charge in [0.1, 0.15) is 0 Å². The minimum absolute atomic E-state index is 0.195. The fraction of sp³-hybridized carbons (Fsp3) is 0.500. The van der Waals surface area contributed by atoms with Crippen LogP contribution in [0.2, 0.25) is 0 Å². The van der Waals surface area contributed by atoms with Crippen molar-refractivity contribution >= 4 is 27.6 Å². The lowest BCUT2D eigenvalue weighted by molar-refractivity contribution is -0.142. The van der Waals surface area contributed by atoms with Crippen LogP contribution in [-0.4, -0.2) is 34.9 Å². The molecule has 19 heavy (non-hydrogen) atoms. The van der Waals surface area contributed by atoms with Crippen molar-refractivity contribution < 1.29 is 15.0 Å². The van der Waals surface area contributed by atoms with Crippen molar-refractivity contribution in [3.8, 4) is 0 Å². The van der Waals surface area contributed by atoms with Gasteiger partial charge in [-0.2, -0.15) is 0 Å². The third kappa shape index (κ3) is 3.48. The van der Waals surface area contributed by atoms with Crippen LogP contribution in [0, 0.1) is 6.92 Å². The lowest BCUT2D eigenvalue weighted by atomic mass is 9.89. The van der Waals surface area contributed by atoms with E-state index in [9.17, 15) is 9.90 Å². The lowest BCUT2D eigenvalue weighted by Crippen LogP contribution is -2.49.